The average molecular weight is 432 g/mol. The van der Waals surface area contributed by atoms with Crippen molar-refractivity contribution in [1.29, 1.82) is 0 Å². The van der Waals surface area contributed by atoms with Gasteiger partial charge in [0.05, 0.1) is 10.6 Å². The molecular formula is C19H18Cl2F3N3O. The molecule has 4 nitrogen and oxygen atoms in total. The van der Waals surface area contributed by atoms with E-state index in [4.69, 9.17) is 23.2 Å². The third kappa shape index (κ3) is 4.52. The average Bonchev–Trinajstić information content (AvgIpc) is 2.65. The second-order valence-electron chi connectivity index (χ2n) is 6.69. The van der Waals surface area contributed by atoms with Crippen LogP contribution in [0.2, 0.25) is 10.0 Å². The third-order valence-corrected chi connectivity index (χ3v) is 5.53. The summed E-state index contributed by atoms with van der Waals surface area (Å²) in [5.74, 6) is -0.00134. The van der Waals surface area contributed by atoms with E-state index in [2.05, 4.69) is 10.3 Å². The lowest BCUT2D eigenvalue weighted by Gasteiger charge is -2.32. The number of amides is 1. The number of rotatable bonds is 3. The number of benzene rings is 1. The van der Waals surface area contributed by atoms with Crippen molar-refractivity contribution in [3.8, 4) is 0 Å². The van der Waals surface area contributed by atoms with E-state index in [1.54, 1.807) is 23.1 Å². The first-order chi connectivity index (χ1) is 13.2. The minimum Gasteiger partial charge on any atom is -0.355 e. The van der Waals surface area contributed by atoms with Gasteiger partial charge in [0, 0.05) is 35.9 Å². The van der Waals surface area contributed by atoms with Gasteiger partial charge in [-0.3, -0.25) is 4.79 Å². The van der Waals surface area contributed by atoms with Gasteiger partial charge in [0.2, 0.25) is 5.91 Å². The zero-order valence-corrected chi connectivity index (χ0v) is 16.5. The number of nitrogens with one attached hydrogen (secondary N) is 1. The number of halogens is 5. The second-order valence-corrected chi connectivity index (χ2v) is 7.50. The van der Waals surface area contributed by atoms with Crippen LogP contribution in [0.15, 0.2) is 30.5 Å². The maximum atomic E-state index is 12.7. The number of nitrogens with zero attached hydrogens (tertiary/aromatic N) is 2. The fourth-order valence-corrected chi connectivity index (χ4v) is 3.61. The minimum absolute atomic E-state index is 0.0488. The number of aromatic nitrogens is 1. The van der Waals surface area contributed by atoms with E-state index >= 15 is 0 Å². The van der Waals surface area contributed by atoms with E-state index in [0.29, 0.717) is 42.5 Å². The molecule has 1 aromatic carbocycles. The molecule has 1 amide bonds. The van der Waals surface area contributed by atoms with Gasteiger partial charge >= 0.3 is 6.18 Å². The Kier molecular flexibility index (Phi) is 6.05. The molecule has 1 saturated heterocycles. The first-order valence-electron chi connectivity index (χ1n) is 8.70. The molecular weight excluding hydrogens is 414 g/mol. The summed E-state index contributed by atoms with van der Waals surface area (Å²) in [5.41, 5.74) is 0.593. The molecule has 150 valence electrons. The first-order valence-corrected chi connectivity index (χ1v) is 9.46. The number of anilines is 2. The Hall–Kier alpha value is -1.99. The van der Waals surface area contributed by atoms with Crippen molar-refractivity contribution in [3.05, 3.63) is 51.6 Å². The molecule has 0 bridgehead atoms. The Morgan fingerprint density at radius 1 is 1.21 bits per heavy atom. The number of alkyl halides is 3. The van der Waals surface area contributed by atoms with Crippen LogP contribution < -0.4 is 10.2 Å². The maximum absolute atomic E-state index is 12.7. The Labute approximate surface area is 170 Å². The number of carbonyl (C=O) groups is 1. The Morgan fingerprint density at radius 3 is 2.50 bits per heavy atom. The van der Waals surface area contributed by atoms with E-state index in [0.717, 1.165) is 17.8 Å². The summed E-state index contributed by atoms with van der Waals surface area (Å²) in [5, 5.41) is 3.43. The number of hydrogen-bond donors (Lipinski definition) is 1. The van der Waals surface area contributed by atoms with Crippen molar-refractivity contribution in [2.45, 2.75) is 25.9 Å². The normalized spacial score (nSPS) is 15.6. The van der Waals surface area contributed by atoms with Crippen molar-refractivity contribution in [3.63, 3.8) is 0 Å². The minimum atomic E-state index is -4.49. The molecule has 1 N–H and O–H groups in total. The number of hydrogen-bond acceptors (Lipinski definition) is 3. The highest BCUT2D eigenvalue weighted by atomic mass is 35.5. The molecule has 1 aliphatic rings. The van der Waals surface area contributed by atoms with Crippen molar-refractivity contribution in [1.82, 2.24) is 4.98 Å². The molecule has 28 heavy (non-hydrogen) atoms. The van der Waals surface area contributed by atoms with Gasteiger partial charge < -0.3 is 10.2 Å². The molecule has 2 aromatic rings. The Balaban J connectivity index is 1.63. The predicted molar refractivity (Wildman–Crippen MR) is 104 cm³/mol. The number of piperidine rings is 1. The monoisotopic (exact) mass is 431 g/mol. The summed E-state index contributed by atoms with van der Waals surface area (Å²) < 4.78 is 38.2. The molecule has 9 heteroatoms. The molecule has 1 aliphatic heterocycles. The first kappa shape index (κ1) is 20.7. The molecule has 0 radical (unpaired) electrons. The smallest absolute Gasteiger partial charge is 0.355 e. The molecule has 0 atom stereocenters. The van der Waals surface area contributed by atoms with Crippen molar-refractivity contribution in [2.24, 2.45) is 5.92 Å². The van der Waals surface area contributed by atoms with Gasteiger partial charge in [-0.2, -0.15) is 13.2 Å². The summed E-state index contributed by atoms with van der Waals surface area (Å²) in [6, 6.07) is 6.20. The van der Waals surface area contributed by atoms with Crippen LogP contribution in [0.5, 0.6) is 0 Å². The zero-order chi connectivity index (χ0) is 20.5. The van der Waals surface area contributed by atoms with Crippen LogP contribution in [0.4, 0.5) is 24.7 Å². The topological polar surface area (TPSA) is 45.2 Å². The second kappa shape index (κ2) is 8.17. The van der Waals surface area contributed by atoms with Crippen molar-refractivity contribution < 1.29 is 18.0 Å². The van der Waals surface area contributed by atoms with Crippen LogP contribution in [0, 0.1) is 12.8 Å². The van der Waals surface area contributed by atoms with Gasteiger partial charge in [0.25, 0.3) is 0 Å². The lowest BCUT2D eigenvalue weighted by Crippen LogP contribution is -2.38. The van der Waals surface area contributed by atoms with Gasteiger partial charge in [-0.15, -0.1) is 0 Å². The van der Waals surface area contributed by atoms with Crippen LogP contribution in [-0.2, 0) is 11.0 Å². The summed E-state index contributed by atoms with van der Waals surface area (Å²) in [4.78, 5) is 18.2. The quantitative estimate of drug-likeness (QED) is 0.690. The summed E-state index contributed by atoms with van der Waals surface area (Å²) in [6.07, 6.45) is -2.62. The van der Waals surface area contributed by atoms with Gasteiger partial charge in [-0.05, 0) is 43.5 Å². The van der Waals surface area contributed by atoms with E-state index in [9.17, 15) is 18.0 Å². The fraction of sp³-hybridized carbons (Fsp3) is 0.368. The summed E-state index contributed by atoms with van der Waals surface area (Å²) >= 11 is 12.1. The third-order valence-electron chi connectivity index (χ3n) is 4.84. The molecule has 0 aliphatic carbocycles. The van der Waals surface area contributed by atoms with Crippen molar-refractivity contribution >= 4 is 40.6 Å². The highest BCUT2D eigenvalue weighted by Crippen LogP contribution is 2.35. The lowest BCUT2D eigenvalue weighted by atomic mass is 9.95. The van der Waals surface area contributed by atoms with Gasteiger partial charge in [0.1, 0.15) is 5.82 Å². The zero-order valence-electron chi connectivity index (χ0n) is 15.0. The molecule has 3 rings (SSSR count). The van der Waals surface area contributed by atoms with Crippen LogP contribution in [-0.4, -0.2) is 24.0 Å². The van der Waals surface area contributed by atoms with Gasteiger partial charge in [-0.25, -0.2) is 4.98 Å². The standard InChI is InChI=1S/C19H18Cl2F3N3O/c1-11-14(20)3-2-4-16(11)26-18(28)12-5-7-27(8-6-12)17-15(21)9-13(10-25-17)19(22,23)24/h2-4,9-10,12H,5-8H2,1H3,(H,26,28). The predicted octanol–water partition coefficient (Wildman–Crippen LogP) is 5.57. The van der Waals surface area contributed by atoms with Crippen LogP contribution in [0.3, 0.4) is 0 Å². The number of carbonyl (C=O) groups excluding carboxylic acids is 1. The lowest BCUT2D eigenvalue weighted by molar-refractivity contribution is -0.137. The van der Waals surface area contributed by atoms with Crippen LogP contribution >= 0.6 is 23.2 Å². The van der Waals surface area contributed by atoms with E-state index in [1.807, 2.05) is 6.92 Å². The maximum Gasteiger partial charge on any atom is 0.417 e. The highest BCUT2D eigenvalue weighted by Gasteiger charge is 2.33. The van der Waals surface area contributed by atoms with Crippen LogP contribution in [0.25, 0.3) is 0 Å². The van der Waals surface area contributed by atoms with Crippen LogP contribution in [0.1, 0.15) is 24.0 Å². The molecule has 1 aromatic heterocycles. The van der Waals surface area contributed by atoms with E-state index in [1.165, 1.54) is 0 Å². The molecule has 1 fully saturated rings. The highest BCUT2D eigenvalue weighted by molar-refractivity contribution is 6.33. The Bertz CT molecular complexity index is 881. The number of pyridine rings is 1. The molecule has 0 unspecified atom stereocenters. The van der Waals surface area contributed by atoms with Crippen molar-refractivity contribution in [2.75, 3.05) is 23.3 Å². The summed E-state index contributed by atoms with van der Waals surface area (Å²) in [7, 11) is 0. The fourth-order valence-electron chi connectivity index (χ4n) is 3.15. The van der Waals surface area contributed by atoms with Gasteiger partial charge in [-0.1, -0.05) is 29.3 Å². The van der Waals surface area contributed by atoms with Gasteiger partial charge in [0.15, 0.2) is 0 Å². The van der Waals surface area contributed by atoms with E-state index in [-0.39, 0.29) is 16.8 Å². The summed E-state index contributed by atoms with van der Waals surface area (Å²) in [6.45, 7) is 2.79. The molecule has 0 saturated carbocycles. The SMILES string of the molecule is Cc1c(Cl)cccc1NC(=O)C1CCN(c2ncc(C(F)(F)F)cc2Cl)CC1. The Morgan fingerprint density at radius 2 is 1.89 bits per heavy atom. The largest absolute Gasteiger partial charge is 0.417 e. The molecule has 0 spiro atoms. The van der Waals surface area contributed by atoms with E-state index < -0.39 is 11.7 Å². The molecule has 2 heterocycles.